The van der Waals surface area contributed by atoms with E-state index in [0.717, 1.165) is 70.7 Å². The van der Waals surface area contributed by atoms with E-state index in [1.807, 2.05) is 30.9 Å². The van der Waals surface area contributed by atoms with Crippen molar-refractivity contribution >= 4 is 11.0 Å². The highest BCUT2D eigenvalue weighted by molar-refractivity contribution is 5.95. The highest BCUT2D eigenvalue weighted by Gasteiger charge is 2.45. The number of hydrogen-bond donors (Lipinski definition) is 1. The molecule has 0 saturated carbocycles. The summed E-state index contributed by atoms with van der Waals surface area (Å²) in [6.07, 6.45) is 13.9. The van der Waals surface area contributed by atoms with Crippen molar-refractivity contribution in [1.29, 1.82) is 0 Å². The van der Waals surface area contributed by atoms with Crippen molar-refractivity contribution in [2.75, 3.05) is 13.2 Å². The molecule has 6 heteroatoms. The third-order valence-corrected chi connectivity index (χ3v) is 9.32. The van der Waals surface area contributed by atoms with Gasteiger partial charge in [-0.25, -0.2) is 4.98 Å². The molecule has 2 aliphatic heterocycles. The molecule has 6 heterocycles. The number of nitrogens with one attached hydrogen (secondary N) is 1. The molecule has 200 valence electrons. The third-order valence-electron chi connectivity index (χ3n) is 9.32. The number of aryl methyl sites for hydroxylation is 3. The number of benzene rings is 1. The maximum Gasteiger partial charge on any atom is 0.137 e. The Balaban J connectivity index is 1.06. The molecule has 2 fully saturated rings. The van der Waals surface area contributed by atoms with Gasteiger partial charge >= 0.3 is 0 Å². The summed E-state index contributed by atoms with van der Waals surface area (Å²) in [5.41, 5.74) is 11.4. The Kier molecular flexibility index (Phi) is 5.78. The van der Waals surface area contributed by atoms with Gasteiger partial charge in [0.15, 0.2) is 0 Å². The first-order valence-corrected chi connectivity index (χ1v) is 14.5. The summed E-state index contributed by atoms with van der Waals surface area (Å²) in [6.45, 7) is 3.92. The zero-order valence-electron chi connectivity index (χ0n) is 22.8. The van der Waals surface area contributed by atoms with Crippen molar-refractivity contribution in [3.8, 4) is 33.6 Å². The van der Waals surface area contributed by atoms with E-state index in [1.54, 1.807) is 0 Å². The van der Waals surface area contributed by atoms with Gasteiger partial charge in [-0.2, -0.15) is 0 Å². The Labute approximate surface area is 234 Å². The van der Waals surface area contributed by atoms with Crippen molar-refractivity contribution in [2.45, 2.75) is 57.2 Å². The molecular formula is C34H33N5O. The molecule has 5 aromatic rings. The number of nitrogens with zero attached hydrogens (tertiary/aromatic N) is 4. The lowest BCUT2D eigenvalue weighted by molar-refractivity contribution is -0.148. The molecule has 0 radical (unpaired) electrons. The number of hydrogen-bond acceptors (Lipinski definition) is 5. The van der Waals surface area contributed by atoms with E-state index in [-0.39, 0.29) is 0 Å². The molecule has 8 rings (SSSR count). The van der Waals surface area contributed by atoms with Crippen molar-refractivity contribution in [3.05, 3.63) is 90.0 Å². The van der Waals surface area contributed by atoms with Crippen LogP contribution in [0.4, 0.5) is 0 Å². The van der Waals surface area contributed by atoms with Crippen LogP contribution in [0.15, 0.2) is 73.3 Å². The standard InChI is InChI=1S/C34H33N5O/c1-21-3-2-12-35-33(21)25-8-11-32(36-16-25)31-18-38-34-30(31)14-26(17-37-34)24-5-4-22-6-9-27(10-7-23(22)13-24)39-28-15-29(39)20-40-19-28/h2-5,8,11-14,16-18,27-29H,6-7,9-10,15,19-20H2,1H3,(H,37,38)/t27-,28?,29?/m0/s1. The average molecular weight is 528 g/mol. The molecule has 0 spiro atoms. The molecule has 3 atom stereocenters. The predicted molar refractivity (Wildman–Crippen MR) is 158 cm³/mol. The predicted octanol–water partition coefficient (Wildman–Crippen LogP) is 6.38. The third kappa shape index (κ3) is 4.05. The number of rotatable bonds is 4. The lowest BCUT2D eigenvalue weighted by Crippen LogP contribution is -2.66. The smallest absolute Gasteiger partial charge is 0.137 e. The first-order chi connectivity index (χ1) is 19.7. The molecule has 2 bridgehead atoms. The second kappa shape index (κ2) is 9.65. The van der Waals surface area contributed by atoms with Crippen LogP contribution in [0.5, 0.6) is 0 Å². The van der Waals surface area contributed by atoms with Gasteiger partial charge in [-0.15, -0.1) is 0 Å². The van der Waals surface area contributed by atoms with Gasteiger partial charge < -0.3 is 9.72 Å². The highest BCUT2D eigenvalue weighted by Crippen LogP contribution is 2.38. The quantitative estimate of drug-likeness (QED) is 0.275. The number of H-pyrrole nitrogens is 1. The summed E-state index contributed by atoms with van der Waals surface area (Å²) < 4.78 is 5.74. The number of fused-ring (bicyclic) bond motifs is 4. The van der Waals surface area contributed by atoms with Gasteiger partial charge in [0, 0.05) is 65.0 Å². The minimum atomic E-state index is 0.652. The topological polar surface area (TPSA) is 66.9 Å². The Hall–Kier alpha value is -3.87. The first-order valence-electron chi connectivity index (χ1n) is 14.5. The lowest BCUT2D eigenvalue weighted by atomic mass is 9.87. The largest absolute Gasteiger partial charge is 0.378 e. The number of aromatic nitrogens is 4. The second-order valence-electron chi connectivity index (χ2n) is 11.7. The summed E-state index contributed by atoms with van der Waals surface area (Å²) in [5.74, 6) is 0. The van der Waals surface area contributed by atoms with Crippen molar-refractivity contribution in [1.82, 2.24) is 24.8 Å². The van der Waals surface area contributed by atoms with Gasteiger partial charge in [0.2, 0.25) is 0 Å². The second-order valence-corrected chi connectivity index (χ2v) is 11.7. The molecule has 2 unspecified atom stereocenters. The van der Waals surface area contributed by atoms with Crippen LogP contribution in [-0.2, 0) is 17.6 Å². The zero-order valence-corrected chi connectivity index (χ0v) is 22.8. The molecule has 1 aromatic carbocycles. The normalized spacial score (nSPS) is 22.5. The summed E-state index contributed by atoms with van der Waals surface area (Å²) in [7, 11) is 0. The fraction of sp³-hybridized carbons (Fsp3) is 0.324. The van der Waals surface area contributed by atoms with Gasteiger partial charge in [-0.05, 0) is 85.5 Å². The van der Waals surface area contributed by atoms with Crippen LogP contribution >= 0.6 is 0 Å². The van der Waals surface area contributed by atoms with Crippen LogP contribution in [0.2, 0.25) is 0 Å². The molecule has 2 saturated heterocycles. The minimum Gasteiger partial charge on any atom is -0.378 e. The van der Waals surface area contributed by atoms with E-state index < -0.39 is 0 Å². The molecule has 6 nitrogen and oxygen atoms in total. The summed E-state index contributed by atoms with van der Waals surface area (Å²) >= 11 is 0. The van der Waals surface area contributed by atoms with E-state index in [0.29, 0.717) is 18.1 Å². The monoisotopic (exact) mass is 527 g/mol. The SMILES string of the molecule is Cc1cccnc1-c1ccc(-c2c[nH]c3ncc(-c4ccc5c(c4)CC[C@@H](N4C6COCC4C6)CC5)cc23)nc1. The Morgan fingerprint density at radius 3 is 2.45 bits per heavy atom. The maximum absolute atomic E-state index is 5.74. The van der Waals surface area contributed by atoms with Crippen LogP contribution in [0.1, 0.15) is 36.0 Å². The number of aromatic amines is 1. The molecule has 4 aromatic heterocycles. The van der Waals surface area contributed by atoms with E-state index in [4.69, 9.17) is 14.7 Å². The fourth-order valence-electron chi connectivity index (χ4n) is 7.19. The molecule has 0 amide bonds. The van der Waals surface area contributed by atoms with Crippen molar-refractivity contribution in [3.63, 3.8) is 0 Å². The van der Waals surface area contributed by atoms with Gasteiger partial charge in [0.05, 0.1) is 24.6 Å². The van der Waals surface area contributed by atoms with Crippen LogP contribution in [0.25, 0.3) is 44.7 Å². The summed E-state index contributed by atoms with van der Waals surface area (Å²) in [5, 5.41) is 1.09. The van der Waals surface area contributed by atoms with Crippen LogP contribution in [0, 0.1) is 6.92 Å². The lowest BCUT2D eigenvalue weighted by Gasteiger charge is -2.56. The molecular weight excluding hydrogens is 494 g/mol. The summed E-state index contributed by atoms with van der Waals surface area (Å²) in [6, 6.07) is 19.5. The average Bonchev–Trinajstić information content (AvgIpc) is 3.32. The van der Waals surface area contributed by atoms with E-state index in [9.17, 15) is 0 Å². The van der Waals surface area contributed by atoms with Gasteiger partial charge in [0.1, 0.15) is 5.65 Å². The number of pyridine rings is 3. The first kappa shape index (κ1) is 24.0. The maximum atomic E-state index is 5.74. The molecule has 1 N–H and O–H groups in total. The molecule has 40 heavy (non-hydrogen) atoms. The molecule has 3 aliphatic rings. The van der Waals surface area contributed by atoms with Crippen molar-refractivity contribution in [2.24, 2.45) is 0 Å². The van der Waals surface area contributed by atoms with Crippen molar-refractivity contribution < 1.29 is 4.74 Å². The summed E-state index contributed by atoms with van der Waals surface area (Å²) in [4.78, 5) is 20.3. The molecule has 1 aliphatic carbocycles. The van der Waals surface area contributed by atoms with Gasteiger partial charge in [0.25, 0.3) is 0 Å². The number of ether oxygens (including phenoxy) is 1. The van der Waals surface area contributed by atoms with Gasteiger partial charge in [-0.3, -0.25) is 14.9 Å². The zero-order chi connectivity index (χ0) is 26.6. The van der Waals surface area contributed by atoms with E-state index in [2.05, 4.69) is 64.3 Å². The van der Waals surface area contributed by atoms with E-state index >= 15 is 0 Å². The number of morpholine rings is 1. The van der Waals surface area contributed by atoms with E-state index in [1.165, 1.54) is 36.0 Å². The van der Waals surface area contributed by atoms with Crippen LogP contribution in [-0.4, -0.2) is 56.2 Å². The van der Waals surface area contributed by atoms with Crippen LogP contribution < -0.4 is 0 Å². The minimum absolute atomic E-state index is 0.652. The Bertz CT molecular complexity index is 1690. The van der Waals surface area contributed by atoms with Crippen LogP contribution in [0.3, 0.4) is 0 Å². The Morgan fingerprint density at radius 2 is 1.65 bits per heavy atom. The van der Waals surface area contributed by atoms with Gasteiger partial charge in [-0.1, -0.05) is 24.3 Å². The Morgan fingerprint density at radius 1 is 0.825 bits per heavy atom. The fourth-order valence-corrected chi connectivity index (χ4v) is 7.19. The highest BCUT2D eigenvalue weighted by atomic mass is 16.5.